The first-order valence-electron chi connectivity index (χ1n) is 8.90. The van der Waals surface area contributed by atoms with Gasteiger partial charge in [0.1, 0.15) is 18.0 Å². The lowest BCUT2D eigenvalue weighted by Crippen LogP contribution is -2.48. The number of β-amino-alcohol motifs (C(OH)–C–C–N with tert-alkyl or cyclic N) is 1. The minimum absolute atomic E-state index is 0.179. The number of halogens is 1. The molecule has 1 saturated heterocycles. The summed E-state index contributed by atoms with van der Waals surface area (Å²) in [5.74, 6) is 0.749. The van der Waals surface area contributed by atoms with Gasteiger partial charge < -0.3 is 9.84 Å². The molecule has 0 spiro atoms. The Balaban J connectivity index is 1.55. The van der Waals surface area contributed by atoms with E-state index in [1.54, 1.807) is 12.1 Å². The first kappa shape index (κ1) is 18.2. The van der Waals surface area contributed by atoms with E-state index in [0.717, 1.165) is 43.9 Å². The number of aliphatic hydroxyl groups is 1. The van der Waals surface area contributed by atoms with Crippen LogP contribution in [-0.4, -0.2) is 45.1 Å². The summed E-state index contributed by atoms with van der Waals surface area (Å²) in [7, 11) is 0. The van der Waals surface area contributed by atoms with Crippen LogP contribution >= 0.6 is 11.6 Å². The molecule has 0 amide bonds. The molecular weight excluding hydrogens is 338 g/mol. The number of ether oxygens (including phenoxy) is 1. The quantitative estimate of drug-likeness (QED) is 0.855. The van der Waals surface area contributed by atoms with E-state index >= 15 is 0 Å². The van der Waals surface area contributed by atoms with Crippen molar-refractivity contribution < 1.29 is 9.84 Å². The molecule has 25 heavy (non-hydrogen) atoms. The highest BCUT2D eigenvalue weighted by Gasteiger charge is 2.29. The Labute approximate surface area is 154 Å². The summed E-state index contributed by atoms with van der Waals surface area (Å²) in [5, 5.41) is 15.7. The van der Waals surface area contributed by atoms with E-state index in [1.807, 2.05) is 23.7 Å². The van der Waals surface area contributed by atoms with Gasteiger partial charge in [-0.15, -0.1) is 0 Å². The zero-order chi connectivity index (χ0) is 17.8. The first-order chi connectivity index (χ1) is 12.0. The second-order valence-corrected chi connectivity index (χ2v) is 7.14. The van der Waals surface area contributed by atoms with Crippen LogP contribution in [0.1, 0.15) is 31.0 Å². The number of likely N-dealkylation sites (tertiary alicyclic amines) is 1. The zero-order valence-electron chi connectivity index (χ0n) is 14.9. The molecule has 0 aliphatic carbocycles. The predicted octanol–water partition coefficient (Wildman–Crippen LogP) is 3.27. The normalized spacial score (nSPS) is 21.4. The van der Waals surface area contributed by atoms with Crippen LogP contribution in [0, 0.1) is 6.92 Å². The van der Waals surface area contributed by atoms with Gasteiger partial charge in [0, 0.05) is 43.0 Å². The Kier molecular flexibility index (Phi) is 5.99. The average Bonchev–Trinajstić information content (AvgIpc) is 2.92. The Morgan fingerprint density at radius 1 is 1.32 bits per heavy atom. The van der Waals surface area contributed by atoms with Gasteiger partial charge in [0.2, 0.25) is 0 Å². The monoisotopic (exact) mass is 363 g/mol. The summed E-state index contributed by atoms with van der Waals surface area (Å²) in [6.07, 6.45) is 3.32. The molecule has 136 valence electrons. The topological polar surface area (TPSA) is 50.5 Å². The SMILES string of the molecule is CCCn1cc(CN2CC[C@@H](Oc3ccc(Cl)cc3)[C@H](O)C2)c(C)n1. The summed E-state index contributed by atoms with van der Waals surface area (Å²) in [4.78, 5) is 2.27. The largest absolute Gasteiger partial charge is 0.488 e. The van der Waals surface area contributed by atoms with Crippen LogP contribution in [0.25, 0.3) is 0 Å². The Morgan fingerprint density at radius 2 is 2.08 bits per heavy atom. The van der Waals surface area contributed by atoms with Crippen LogP contribution < -0.4 is 4.74 Å². The molecule has 0 saturated carbocycles. The molecule has 5 nitrogen and oxygen atoms in total. The van der Waals surface area contributed by atoms with Gasteiger partial charge >= 0.3 is 0 Å². The van der Waals surface area contributed by atoms with Crippen molar-refractivity contribution in [3.05, 3.63) is 46.7 Å². The molecule has 0 radical (unpaired) electrons. The zero-order valence-corrected chi connectivity index (χ0v) is 15.6. The van der Waals surface area contributed by atoms with Gasteiger partial charge in [-0.3, -0.25) is 9.58 Å². The number of rotatable bonds is 6. The third-order valence-electron chi connectivity index (χ3n) is 4.60. The molecular formula is C19H26ClN3O2. The van der Waals surface area contributed by atoms with Crippen molar-refractivity contribution >= 4 is 11.6 Å². The Morgan fingerprint density at radius 3 is 2.76 bits per heavy atom. The Bertz CT molecular complexity index is 686. The molecule has 2 atom stereocenters. The van der Waals surface area contributed by atoms with Crippen LogP contribution in [0.2, 0.25) is 5.02 Å². The molecule has 1 aromatic carbocycles. The van der Waals surface area contributed by atoms with Crippen molar-refractivity contribution in [1.82, 2.24) is 14.7 Å². The molecule has 1 aromatic heterocycles. The summed E-state index contributed by atoms with van der Waals surface area (Å²) < 4.78 is 7.94. The van der Waals surface area contributed by atoms with E-state index in [1.165, 1.54) is 5.56 Å². The molecule has 1 aliphatic rings. The van der Waals surface area contributed by atoms with E-state index in [0.29, 0.717) is 11.6 Å². The number of aryl methyl sites for hydroxylation is 2. The minimum atomic E-state index is -0.504. The van der Waals surface area contributed by atoms with Gasteiger partial charge in [-0.2, -0.15) is 5.10 Å². The lowest BCUT2D eigenvalue weighted by molar-refractivity contribution is -0.0275. The summed E-state index contributed by atoms with van der Waals surface area (Å²) in [5.41, 5.74) is 2.31. The number of aliphatic hydroxyl groups excluding tert-OH is 1. The van der Waals surface area contributed by atoms with Gasteiger partial charge in [0.15, 0.2) is 0 Å². The van der Waals surface area contributed by atoms with E-state index in [2.05, 4.69) is 23.1 Å². The lowest BCUT2D eigenvalue weighted by atomic mass is 10.0. The van der Waals surface area contributed by atoms with E-state index < -0.39 is 6.10 Å². The smallest absolute Gasteiger partial charge is 0.127 e. The molecule has 1 aliphatic heterocycles. The molecule has 6 heteroatoms. The van der Waals surface area contributed by atoms with Gasteiger partial charge in [-0.05, 0) is 44.0 Å². The minimum Gasteiger partial charge on any atom is -0.488 e. The second-order valence-electron chi connectivity index (χ2n) is 6.70. The van der Waals surface area contributed by atoms with Crippen LogP contribution in [0.5, 0.6) is 5.75 Å². The van der Waals surface area contributed by atoms with Crippen molar-refractivity contribution in [2.75, 3.05) is 13.1 Å². The van der Waals surface area contributed by atoms with E-state index in [-0.39, 0.29) is 6.10 Å². The number of nitrogens with zero attached hydrogens (tertiary/aromatic N) is 3. The van der Waals surface area contributed by atoms with Gasteiger partial charge in [-0.25, -0.2) is 0 Å². The van der Waals surface area contributed by atoms with Gasteiger partial charge in [0.25, 0.3) is 0 Å². The van der Waals surface area contributed by atoms with E-state index in [4.69, 9.17) is 16.3 Å². The summed E-state index contributed by atoms with van der Waals surface area (Å²) in [6, 6.07) is 7.28. The van der Waals surface area contributed by atoms with Crippen molar-refractivity contribution in [1.29, 1.82) is 0 Å². The second kappa shape index (κ2) is 8.21. The fraction of sp³-hybridized carbons (Fsp3) is 0.526. The average molecular weight is 364 g/mol. The highest BCUT2D eigenvalue weighted by molar-refractivity contribution is 6.30. The highest BCUT2D eigenvalue weighted by Crippen LogP contribution is 2.22. The van der Waals surface area contributed by atoms with Crippen molar-refractivity contribution in [2.45, 2.75) is 52.0 Å². The van der Waals surface area contributed by atoms with Crippen LogP contribution in [0.3, 0.4) is 0 Å². The number of benzene rings is 1. The third kappa shape index (κ3) is 4.75. The third-order valence-corrected chi connectivity index (χ3v) is 4.85. The fourth-order valence-corrected chi connectivity index (χ4v) is 3.37. The maximum atomic E-state index is 10.5. The molecule has 3 rings (SSSR count). The van der Waals surface area contributed by atoms with E-state index in [9.17, 15) is 5.11 Å². The number of hydrogen-bond donors (Lipinski definition) is 1. The number of piperidine rings is 1. The molecule has 2 heterocycles. The van der Waals surface area contributed by atoms with Crippen LogP contribution in [0.15, 0.2) is 30.5 Å². The number of hydrogen-bond acceptors (Lipinski definition) is 4. The number of aromatic nitrogens is 2. The molecule has 1 fully saturated rings. The van der Waals surface area contributed by atoms with Crippen molar-refractivity contribution in [3.8, 4) is 5.75 Å². The maximum Gasteiger partial charge on any atom is 0.127 e. The van der Waals surface area contributed by atoms with Gasteiger partial charge in [-0.1, -0.05) is 18.5 Å². The maximum absolute atomic E-state index is 10.5. The van der Waals surface area contributed by atoms with Crippen molar-refractivity contribution in [3.63, 3.8) is 0 Å². The summed E-state index contributed by atoms with van der Waals surface area (Å²) in [6.45, 7) is 7.47. The molecule has 1 N–H and O–H groups in total. The molecule has 2 aromatic rings. The summed E-state index contributed by atoms with van der Waals surface area (Å²) >= 11 is 5.89. The highest BCUT2D eigenvalue weighted by atomic mass is 35.5. The fourth-order valence-electron chi connectivity index (χ4n) is 3.24. The van der Waals surface area contributed by atoms with Crippen LogP contribution in [0.4, 0.5) is 0 Å². The van der Waals surface area contributed by atoms with Crippen molar-refractivity contribution in [2.24, 2.45) is 0 Å². The standard InChI is InChI=1S/C19H26ClN3O2/c1-3-9-23-12-15(14(2)21-23)11-22-10-8-19(18(24)13-22)25-17-6-4-16(20)5-7-17/h4-7,12,18-19,24H,3,8-11,13H2,1-2H3/t18-,19-/m1/s1. The predicted molar refractivity (Wildman–Crippen MR) is 99.0 cm³/mol. The first-order valence-corrected chi connectivity index (χ1v) is 9.28. The lowest BCUT2D eigenvalue weighted by Gasteiger charge is -2.35. The van der Waals surface area contributed by atoms with Crippen LogP contribution in [-0.2, 0) is 13.1 Å². The molecule has 0 unspecified atom stereocenters. The Hall–Kier alpha value is -1.56. The molecule has 0 bridgehead atoms. The van der Waals surface area contributed by atoms with Gasteiger partial charge in [0.05, 0.1) is 5.69 Å².